The van der Waals surface area contributed by atoms with E-state index in [0.29, 0.717) is 0 Å². The van der Waals surface area contributed by atoms with Crippen molar-refractivity contribution >= 4 is 19.7 Å². The second kappa shape index (κ2) is 4.62. The summed E-state index contributed by atoms with van der Waals surface area (Å²) in [6, 6.07) is 1.42. The van der Waals surface area contributed by atoms with E-state index in [1.165, 1.54) is 10.7 Å². The molecule has 1 aromatic rings. The third-order valence-electron chi connectivity index (χ3n) is 1.34. The average molecular weight is 225 g/mol. The van der Waals surface area contributed by atoms with Gasteiger partial charge in [0.25, 0.3) is 9.05 Å². The quantitative estimate of drug-likeness (QED) is 0.682. The molecule has 0 aliphatic carbocycles. The Morgan fingerprint density at radius 2 is 1.92 bits per heavy atom. The number of nitrogens with zero attached hydrogens (tertiary/aromatic N) is 2. The summed E-state index contributed by atoms with van der Waals surface area (Å²) in [7, 11) is 3.03. The molecule has 0 atom stereocenters. The van der Waals surface area contributed by atoms with Gasteiger partial charge in [0.1, 0.15) is 0 Å². The predicted octanol–water partition coefficient (Wildman–Crippen LogP) is 1.68. The molecule has 76 valence electrons. The molecular formula is C7H13ClN2O2S. The number of aryl methyl sites for hydroxylation is 2. The van der Waals surface area contributed by atoms with Crippen LogP contribution in [0.3, 0.4) is 0 Å². The van der Waals surface area contributed by atoms with Gasteiger partial charge in [-0.2, -0.15) is 5.10 Å². The lowest BCUT2D eigenvalue weighted by molar-refractivity contribution is 0.601. The highest BCUT2D eigenvalue weighted by Gasteiger charge is 2.14. The van der Waals surface area contributed by atoms with Gasteiger partial charge in [-0.25, -0.2) is 8.42 Å². The molecule has 1 aromatic heterocycles. The van der Waals surface area contributed by atoms with Gasteiger partial charge in [0, 0.05) is 23.4 Å². The van der Waals surface area contributed by atoms with Crippen LogP contribution in [0.1, 0.15) is 19.5 Å². The van der Waals surface area contributed by atoms with Gasteiger partial charge in [-0.05, 0) is 13.0 Å². The van der Waals surface area contributed by atoms with Gasteiger partial charge < -0.3 is 0 Å². The fourth-order valence-corrected chi connectivity index (χ4v) is 1.40. The first-order chi connectivity index (χ1) is 5.91. The Labute approximate surface area is 82.9 Å². The van der Waals surface area contributed by atoms with Gasteiger partial charge in [-0.15, -0.1) is 0 Å². The average Bonchev–Trinajstić information content (AvgIpc) is 2.35. The molecule has 0 radical (unpaired) electrons. The van der Waals surface area contributed by atoms with Crippen molar-refractivity contribution in [3.8, 4) is 0 Å². The Hall–Kier alpha value is -0.550. The molecule has 4 nitrogen and oxygen atoms in total. The molecule has 1 heterocycles. The van der Waals surface area contributed by atoms with E-state index in [0.717, 1.165) is 5.69 Å². The minimum atomic E-state index is -3.66. The van der Waals surface area contributed by atoms with Gasteiger partial charge >= 0.3 is 0 Å². The summed E-state index contributed by atoms with van der Waals surface area (Å²) in [6.45, 7) is 5.75. The van der Waals surface area contributed by atoms with Crippen LogP contribution >= 0.6 is 10.7 Å². The van der Waals surface area contributed by atoms with E-state index in [1.54, 1.807) is 14.0 Å². The zero-order valence-electron chi connectivity index (χ0n) is 8.07. The van der Waals surface area contributed by atoms with Crippen LogP contribution < -0.4 is 0 Å². The summed E-state index contributed by atoms with van der Waals surface area (Å²) in [4.78, 5) is 0. The van der Waals surface area contributed by atoms with Crippen LogP contribution in [0.5, 0.6) is 0 Å². The van der Waals surface area contributed by atoms with Crippen molar-refractivity contribution in [3.63, 3.8) is 0 Å². The molecule has 6 heteroatoms. The number of halogens is 1. The molecule has 0 aromatic carbocycles. The molecule has 0 unspecified atom stereocenters. The van der Waals surface area contributed by atoms with Crippen LogP contribution in [0, 0.1) is 6.92 Å². The standard InChI is InChI=1S/C5H7ClN2O2S.C2H6/c1-4-3-5(7-8(4)2)11(6,9)10;1-2/h3H,1-2H3;1-2H3. The molecule has 0 N–H and O–H groups in total. The number of hydrogen-bond acceptors (Lipinski definition) is 3. The van der Waals surface area contributed by atoms with Crippen molar-refractivity contribution in [1.29, 1.82) is 0 Å². The molecule has 0 saturated carbocycles. The molecule has 13 heavy (non-hydrogen) atoms. The van der Waals surface area contributed by atoms with Crippen molar-refractivity contribution in [2.24, 2.45) is 7.05 Å². The highest BCUT2D eigenvalue weighted by molar-refractivity contribution is 8.13. The molecule has 0 aliphatic heterocycles. The SMILES string of the molecule is CC.Cc1cc(S(=O)(=O)Cl)nn1C. The Bertz CT molecular complexity index is 350. The van der Waals surface area contributed by atoms with Crippen molar-refractivity contribution in [3.05, 3.63) is 11.8 Å². The largest absolute Gasteiger partial charge is 0.280 e. The lowest BCUT2D eigenvalue weighted by Crippen LogP contribution is -1.95. The zero-order chi connectivity index (χ0) is 10.6. The summed E-state index contributed by atoms with van der Waals surface area (Å²) < 4.78 is 22.8. The van der Waals surface area contributed by atoms with Gasteiger partial charge in [-0.1, -0.05) is 13.8 Å². The maximum Gasteiger partial charge on any atom is 0.280 e. The highest BCUT2D eigenvalue weighted by Crippen LogP contribution is 2.12. The molecule has 0 amide bonds. The normalized spacial score (nSPS) is 10.5. The Morgan fingerprint density at radius 1 is 1.46 bits per heavy atom. The van der Waals surface area contributed by atoms with Crippen LogP contribution in [0.25, 0.3) is 0 Å². The predicted molar refractivity (Wildman–Crippen MR) is 52.3 cm³/mol. The molecule has 0 spiro atoms. The highest BCUT2D eigenvalue weighted by atomic mass is 35.7. The number of aromatic nitrogens is 2. The second-order valence-corrected chi connectivity index (χ2v) is 4.70. The Balaban J connectivity index is 0.000000671. The molecule has 0 bridgehead atoms. The van der Waals surface area contributed by atoms with Gasteiger partial charge in [-0.3, -0.25) is 4.68 Å². The molecule has 0 fully saturated rings. The summed E-state index contributed by atoms with van der Waals surface area (Å²) in [5.74, 6) is 0. The fourth-order valence-electron chi connectivity index (χ4n) is 0.647. The van der Waals surface area contributed by atoms with Gasteiger partial charge in [0.2, 0.25) is 0 Å². The summed E-state index contributed by atoms with van der Waals surface area (Å²) in [5.41, 5.74) is 0.754. The van der Waals surface area contributed by atoms with Gasteiger partial charge in [0.05, 0.1) is 0 Å². The molecule has 0 saturated heterocycles. The molecular weight excluding hydrogens is 212 g/mol. The maximum atomic E-state index is 10.7. The summed E-state index contributed by atoms with van der Waals surface area (Å²) in [6.07, 6.45) is 0. The van der Waals surface area contributed by atoms with Crippen molar-refractivity contribution in [2.75, 3.05) is 0 Å². The van der Waals surface area contributed by atoms with E-state index in [1.807, 2.05) is 13.8 Å². The van der Waals surface area contributed by atoms with E-state index < -0.39 is 9.05 Å². The zero-order valence-corrected chi connectivity index (χ0v) is 9.65. The maximum absolute atomic E-state index is 10.7. The molecule has 1 rings (SSSR count). The Kier molecular flexibility index (Phi) is 4.43. The third-order valence-corrected chi connectivity index (χ3v) is 2.51. The minimum absolute atomic E-state index is 0.0980. The lowest BCUT2D eigenvalue weighted by Gasteiger charge is -1.88. The van der Waals surface area contributed by atoms with E-state index in [4.69, 9.17) is 10.7 Å². The van der Waals surface area contributed by atoms with E-state index in [2.05, 4.69) is 5.10 Å². The van der Waals surface area contributed by atoms with Crippen LogP contribution in [0.2, 0.25) is 0 Å². The van der Waals surface area contributed by atoms with E-state index in [9.17, 15) is 8.42 Å². The summed E-state index contributed by atoms with van der Waals surface area (Å²) >= 11 is 0. The van der Waals surface area contributed by atoms with Crippen LogP contribution in [-0.2, 0) is 16.1 Å². The summed E-state index contributed by atoms with van der Waals surface area (Å²) in [5, 5.41) is 3.58. The smallest absolute Gasteiger partial charge is 0.272 e. The van der Waals surface area contributed by atoms with Crippen LogP contribution in [-0.4, -0.2) is 18.2 Å². The fraction of sp³-hybridized carbons (Fsp3) is 0.571. The van der Waals surface area contributed by atoms with Crippen molar-refractivity contribution in [1.82, 2.24) is 9.78 Å². The Morgan fingerprint density at radius 3 is 2.08 bits per heavy atom. The van der Waals surface area contributed by atoms with Crippen molar-refractivity contribution < 1.29 is 8.42 Å². The topological polar surface area (TPSA) is 52.0 Å². The molecule has 0 aliphatic rings. The first-order valence-electron chi connectivity index (χ1n) is 3.86. The number of rotatable bonds is 1. The van der Waals surface area contributed by atoms with Crippen LogP contribution in [0.4, 0.5) is 0 Å². The van der Waals surface area contributed by atoms with E-state index in [-0.39, 0.29) is 5.03 Å². The van der Waals surface area contributed by atoms with Crippen LogP contribution in [0.15, 0.2) is 11.1 Å². The first-order valence-corrected chi connectivity index (χ1v) is 6.17. The van der Waals surface area contributed by atoms with E-state index >= 15 is 0 Å². The lowest BCUT2D eigenvalue weighted by atomic mass is 10.5. The van der Waals surface area contributed by atoms with Gasteiger partial charge in [0.15, 0.2) is 5.03 Å². The third kappa shape index (κ3) is 3.36. The second-order valence-electron chi connectivity index (χ2n) is 2.19. The number of hydrogen-bond donors (Lipinski definition) is 0. The minimum Gasteiger partial charge on any atom is -0.272 e. The van der Waals surface area contributed by atoms with Crippen molar-refractivity contribution in [2.45, 2.75) is 25.8 Å². The first kappa shape index (κ1) is 12.4. The monoisotopic (exact) mass is 224 g/mol.